The fraction of sp³-hybridized carbons (Fsp3) is 1.00. The molecule has 0 radical (unpaired) electrons. The molecule has 0 aromatic heterocycles. The van der Waals surface area contributed by atoms with Crippen molar-refractivity contribution in [1.29, 1.82) is 0 Å². The van der Waals surface area contributed by atoms with E-state index in [9.17, 15) is 0 Å². The van der Waals surface area contributed by atoms with E-state index in [0.717, 1.165) is 5.25 Å². The fourth-order valence-electron chi connectivity index (χ4n) is 1.36. The summed E-state index contributed by atoms with van der Waals surface area (Å²) in [4.78, 5) is 0. The summed E-state index contributed by atoms with van der Waals surface area (Å²) in [6, 6.07) is 0. The second-order valence-electron chi connectivity index (χ2n) is 3.04. The molecule has 1 rings (SSSR count). The molecule has 1 fully saturated rings. The number of nitrogens with one attached hydrogen (secondary N) is 1. The first-order chi connectivity index (χ1) is 5.93. The van der Waals surface area contributed by atoms with Crippen molar-refractivity contribution in [3.05, 3.63) is 0 Å². The minimum absolute atomic E-state index is 0.914. The van der Waals surface area contributed by atoms with Crippen molar-refractivity contribution in [3.63, 3.8) is 0 Å². The Morgan fingerprint density at radius 2 is 2.50 bits per heavy atom. The highest BCUT2D eigenvalue weighted by atomic mass is 32.2. The lowest BCUT2D eigenvalue weighted by atomic mass is 10.2. The van der Waals surface area contributed by atoms with Crippen molar-refractivity contribution in [1.82, 2.24) is 5.32 Å². The lowest BCUT2D eigenvalue weighted by molar-refractivity contribution is 0.669. The van der Waals surface area contributed by atoms with Crippen molar-refractivity contribution in [3.8, 4) is 0 Å². The van der Waals surface area contributed by atoms with Gasteiger partial charge in [0.2, 0.25) is 0 Å². The van der Waals surface area contributed by atoms with Crippen LogP contribution in [0.3, 0.4) is 0 Å². The van der Waals surface area contributed by atoms with Gasteiger partial charge in [0, 0.05) is 24.1 Å². The molecule has 1 nitrogen and oxygen atoms in total. The highest BCUT2D eigenvalue weighted by Crippen LogP contribution is 2.25. The van der Waals surface area contributed by atoms with Crippen molar-refractivity contribution < 1.29 is 0 Å². The Morgan fingerprint density at radius 1 is 1.58 bits per heavy atom. The molecule has 0 bridgehead atoms. The molecule has 0 spiro atoms. The number of thioether (sulfide) groups is 2. The van der Waals surface area contributed by atoms with Gasteiger partial charge in [-0.15, -0.1) is 0 Å². The van der Waals surface area contributed by atoms with Crippen LogP contribution in [0.15, 0.2) is 0 Å². The average Bonchev–Trinajstić information content (AvgIpc) is 2.57. The van der Waals surface area contributed by atoms with Gasteiger partial charge in [0.05, 0.1) is 0 Å². The molecule has 0 aromatic rings. The molecule has 1 aliphatic heterocycles. The standard InChI is InChI=1S/C9H19NS2/c1-2-11-7-5-10-8-9-4-3-6-12-9/h9-10H,2-8H2,1H3. The van der Waals surface area contributed by atoms with E-state index >= 15 is 0 Å². The summed E-state index contributed by atoms with van der Waals surface area (Å²) >= 11 is 4.16. The van der Waals surface area contributed by atoms with Crippen LogP contribution in [0.2, 0.25) is 0 Å². The van der Waals surface area contributed by atoms with Gasteiger partial charge in [0.25, 0.3) is 0 Å². The number of hydrogen-bond donors (Lipinski definition) is 1. The van der Waals surface area contributed by atoms with E-state index in [1.807, 2.05) is 11.8 Å². The largest absolute Gasteiger partial charge is 0.315 e. The molecule has 3 heteroatoms. The van der Waals surface area contributed by atoms with Gasteiger partial charge in [-0.1, -0.05) is 6.92 Å². The molecule has 1 aliphatic rings. The molecule has 72 valence electrons. The minimum Gasteiger partial charge on any atom is -0.315 e. The maximum atomic E-state index is 3.52. The predicted molar refractivity (Wildman–Crippen MR) is 61.3 cm³/mol. The average molecular weight is 205 g/mol. The summed E-state index contributed by atoms with van der Waals surface area (Å²) in [6.45, 7) is 4.64. The van der Waals surface area contributed by atoms with E-state index in [1.165, 1.54) is 43.2 Å². The van der Waals surface area contributed by atoms with Crippen LogP contribution in [0.25, 0.3) is 0 Å². The number of rotatable bonds is 6. The van der Waals surface area contributed by atoms with Crippen molar-refractivity contribution in [2.75, 3.05) is 30.3 Å². The maximum Gasteiger partial charge on any atom is 0.0172 e. The van der Waals surface area contributed by atoms with Gasteiger partial charge < -0.3 is 5.32 Å². The highest BCUT2D eigenvalue weighted by molar-refractivity contribution is 8.00. The Hall–Kier alpha value is 0.660. The van der Waals surface area contributed by atoms with Gasteiger partial charge in [-0.05, 0) is 24.3 Å². The summed E-state index contributed by atoms with van der Waals surface area (Å²) in [5.41, 5.74) is 0. The second kappa shape index (κ2) is 7.10. The molecule has 0 amide bonds. The quantitative estimate of drug-likeness (QED) is 0.668. The Labute approximate surface area is 84.4 Å². The molecule has 12 heavy (non-hydrogen) atoms. The van der Waals surface area contributed by atoms with Crippen LogP contribution in [0.4, 0.5) is 0 Å². The maximum absolute atomic E-state index is 3.52. The van der Waals surface area contributed by atoms with Crippen LogP contribution >= 0.6 is 23.5 Å². The van der Waals surface area contributed by atoms with E-state index in [4.69, 9.17) is 0 Å². The summed E-state index contributed by atoms with van der Waals surface area (Å²) in [5, 5.41) is 4.43. The van der Waals surface area contributed by atoms with Gasteiger partial charge >= 0.3 is 0 Å². The SMILES string of the molecule is CCSCCNCC1CCCS1. The van der Waals surface area contributed by atoms with E-state index in [0.29, 0.717) is 0 Å². The first-order valence-electron chi connectivity index (χ1n) is 4.83. The molecule has 1 N–H and O–H groups in total. The summed E-state index contributed by atoms with van der Waals surface area (Å²) in [6.07, 6.45) is 2.86. The van der Waals surface area contributed by atoms with E-state index in [-0.39, 0.29) is 0 Å². The van der Waals surface area contributed by atoms with Crippen molar-refractivity contribution >= 4 is 23.5 Å². The van der Waals surface area contributed by atoms with Gasteiger partial charge in [0.15, 0.2) is 0 Å². The van der Waals surface area contributed by atoms with Crippen LogP contribution in [-0.4, -0.2) is 35.6 Å². The van der Waals surface area contributed by atoms with Gasteiger partial charge in [-0.2, -0.15) is 23.5 Å². The molecule has 1 unspecified atom stereocenters. The van der Waals surface area contributed by atoms with E-state index in [1.54, 1.807) is 0 Å². The van der Waals surface area contributed by atoms with Crippen LogP contribution in [-0.2, 0) is 0 Å². The highest BCUT2D eigenvalue weighted by Gasteiger charge is 2.13. The van der Waals surface area contributed by atoms with Crippen LogP contribution in [0.5, 0.6) is 0 Å². The number of hydrogen-bond acceptors (Lipinski definition) is 3. The third kappa shape index (κ3) is 4.63. The zero-order valence-corrected chi connectivity index (χ0v) is 9.48. The first-order valence-corrected chi connectivity index (χ1v) is 7.04. The van der Waals surface area contributed by atoms with Crippen LogP contribution < -0.4 is 5.32 Å². The fourth-order valence-corrected chi connectivity index (χ4v) is 3.17. The van der Waals surface area contributed by atoms with Crippen molar-refractivity contribution in [2.24, 2.45) is 0 Å². The normalized spacial score (nSPS) is 23.2. The topological polar surface area (TPSA) is 12.0 Å². The Balaban J connectivity index is 1.81. The zero-order chi connectivity index (χ0) is 8.65. The predicted octanol–water partition coefficient (Wildman–Crippen LogP) is 2.22. The summed E-state index contributed by atoms with van der Waals surface area (Å²) in [5.74, 6) is 3.91. The third-order valence-corrected chi connectivity index (χ3v) is 4.32. The molecule has 1 saturated heterocycles. The van der Waals surface area contributed by atoms with Crippen LogP contribution in [0, 0.1) is 0 Å². The zero-order valence-electron chi connectivity index (χ0n) is 7.84. The molecule has 0 aliphatic carbocycles. The van der Waals surface area contributed by atoms with E-state index in [2.05, 4.69) is 24.0 Å². The monoisotopic (exact) mass is 205 g/mol. The molecule has 0 saturated carbocycles. The van der Waals surface area contributed by atoms with Crippen molar-refractivity contribution in [2.45, 2.75) is 25.0 Å². The van der Waals surface area contributed by atoms with E-state index < -0.39 is 0 Å². The minimum atomic E-state index is 0.914. The first kappa shape index (κ1) is 10.7. The molecular formula is C9H19NS2. The Bertz CT molecular complexity index is 103. The van der Waals surface area contributed by atoms with Gasteiger partial charge in [-0.25, -0.2) is 0 Å². The third-order valence-electron chi connectivity index (χ3n) is 2.02. The molecule has 1 atom stereocenters. The second-order valence-corrected chi connectivity index (χ2v) is 5.84. The summed E-state index contributed by atoms with van der Waals surface area (Å²) < 4.78 is 0. The Morgan fingerprint density at radius 3 is 3.17 bits per heavy atom. The Kier molecular flexibility index (Phi) is 6.35. The van der Waals surface area contributed by atoms with Gasteiger partial charge in [0.1, 0.15) is 0 Å². The molecule has 1 heterocycles. The van der Waals surface area contributed by atoms with Crippen LogP contribution in [0.1, 0.15) is 19.8 Å². The van der Waals surface area contributed by atoms with Gasteiger partial charge in [-0.3, -0.25) is 0 Å². The lowest BCUT2D eigenvalue weighted by Crippen LogP contribution is -2.25. The molecular weight excluding hydrogens is 186 g/mol. The summed E-state index contributed by atoms with van der Waals surface area (Å²) in [7, 11) is 0. The lowest BCUT2D eigenvalue weighted by Gasteiger charge is -2.09. The smallest absolute Gasteiger partial charge is 0.0172 e. The molecule has 0 aromatic carbocycles.